The largest absolute Gasteiger partial charge is 0.551 e. The summed E-state index contributed by atoms with van der Waals surface area (Å²) < 4.78 is 45.6. The van der Waals surface area contributed by atoms with Crippen molar-refractivity contribution in [2.75, 3.05) is 0 Å². The Balaban J connectivity index is 0.000000106. The van der Waals surface area contributed by atoms with Crippen molar-refractivity contribution in [2.24, 2.45) is 0 Å². The van der Waals surface area contributed by atoms with Crippen molar-refractivity contribution >= 4 is 203 Å². The molecule has 146 heavy (non-hydrogen) atoms. The van der Waals surface area contributed by atoms with Crippen molar-refractivity contribution in [2.45, 2.75) is 0 Å². The average molecular weight is 1950 g/mol. The summed E-state index contributed by atoms with van der Waals surface area (Å²) in [7, 11) is -8.44. The molecular weight excluding hydrogens is 1860 g/mol. The molecule has 0 bridgehead atoms. The van der Waals surface area contributed by atoms with E-state index >= 15 is 0 Å². The monoisotopic (exact) mass is 1950 g/mol. The van der Waals surface area contributed by atoms with E-state index in [1.807, 2.05) is 59.1 Å². The molecule has 2 aromatic heterocycles. The molecular formula is C132H87B3O6S2Si3. The van der Waals surface area contributed by atoms with Gasteiger partial charge in [0, 0.05) is 89.8 Å². The number of hydrogen-bond donors (Lipinski definition) is 0. The van der Waals surface area contributed by atoms with Gasteiger partial charge in [-0.1, -0.05) is 449 Å². The van der Waals surface area contributed by atoms with Gasteiger partial charge in [0.2, 0.25) is 0 Å². The minimum atomic E-state index is -2.96. The van der Waals surface area contributed by atoms with Crippen LogP contribution in [0.25, 0.3) is 96.0 Å². The van der Waals surface area contributed by atoms with Crippen molar-refractivity contribution < 1.29 is 28.2 Å². The molecule has 0 radical (unpaired) electrons. The van der Waals surface area contributed by atoms with Crippen molar-refractivity contribution in [1.29, 1.82) is 0 Å². The van der Waals surface area contributed by atoms with Gasteiger partial charge in [-0.3, -0.25) is 0 Å². The number of benzene rings is 22. The number of rotatable bonds is 14. The second kappa shape index (κ2) is 35.8. The Morgan fingerprint density at radius 3 is 0.842 bits per heavy atom. The van der Waals surface area contributed by atoms with E-state index in [9.17, 15) is 0 Å². The van der Waals surface area contributed by atoms with Gasteiger partial charge >= 0.3 is 20.7 Å². The molecule has 0 aliphatic carbocycles. The standard InChI is InChI=1S/C48H31BO2SSi.C42H27BO2SSi.C42H29BO2Si/c1-3-16-34(17-4-1)53(35-18-5-2-6-19-35,46-28-14-23-39-38-22-8-12-27-45(38)52-48(39)46)36-20-13-15-32(29-36)33-30-40-37-21-7-10-25-42(37)51-49-41-24-9-11-26-43(41)50-44(31-33)47(40)49;1-3-14-28(15-4-1)47(29-16-5-2-6-17-29,40-25-13-20-33-32-19-8-12-24-39(32)46-42(33)40)30-26-34-31-18-7-10-22-36(31)45-43-35-21-9-11-23-37(35)44-38(27-30)41(34)43;1-4-14-32(15-5-1)46(33-16-6-2-7-17-33,34-18-8-3-9-19-34)35-26-24-30(25-27-35)31-28-37-36-20-10-12-22-39(36)45-43-38-21-11-13-23-40(38)44-41(29-31)42(37)43/h1-31H;1-27H;1-29H. The topological polar surface area (TPSA) is 55.4 Å². The first-order valence-electron chi connectivity index (χ1n) is 49.9. The smallest absolute Gasteiger partial charge is 0.434 e. The van der Waals surface area contributed by atoms with Gasteiger partial charge in [-0.05, 0) is 180 Å². The van der Waals surface area contributed by atoms with Gasteiger partial charge in [0.05, 0.1) is 0 Å². The van der Waals surface area contributed by atoms with Gasteiger partial charge in [-0.2, -0.15) is 0 Å². The van der Waals surface area contributed by atoms with Crippen LogP contribution in [0.5, 0.6) is 51.7 Å². The van der Waals surface area contributed by atoms with Crippen LogP contribution in [-0.2, 0) is 0 Å². The summed E-state index contributed by atoms with van der Waals surface area (Å²) in [5.41, 5.74) is 17.9. The van der Waals surface area contributed by atoms with Gasteiger partial charge in [-0.15, -0.1) is 22.7 Å². The first-order valence-corrected chi connectivity index (χ1v) is 57.6. The molecule has 6 aliphatic heterocycles. The lowest BCUT2D eigenvalue weighted by Crippen LogP contribution is -2.75. The van der Waals surface area contributed by atoms with Gasteiger partial charge in [0.15, 0.2) is 24.2 Å². The highest BCUT2D eigenvalue weighted by molar-refractivity contribution is 7.32. The molecule has 0 saturated carbocycles. The van der Waals surface area contributed by atoms with E-state index in [-0.39, 0.29) is 20.7 Å². The maximum absolute atomic E-state index is 6.86. The predicted molar refractivity (Wildman–Crippen MR) is 620 cm³/mol. The Labute approximate surface area is 859 Å². The second-order valence-electron chi connectivity index (χ2n) is 38.2. The molecule has 0 fully saturated rings. The van der Waals surface area contributed by atoms with Crippen LogP contribution in [0.3, 0.4) is 0 Å². The zero-order chi connectivity index (χ0) is 96.4. The van der Waals surface area contributed by atoms with Crippen LogP contribution in [0.4, 0.5) is 0 Å². The number of thiophene rings is 2. The molecule has 0 atom stereocenters. The lowest BCUT2D eigenvalue weighted by Gasteiger charge is -2.38. The van der Waals surface area contributed by atoms with Gasteiger partial charge < -0.3 is 28.2 Å². The molecule has 0 N–H and O–H groups in total. The fourth-order valence-electron chi connectivity index (χ4n) is 24.2. The third-order valence-corrected chi connectivity index (χ3v) is 47.7. The first-order chi connectivity index (χ1) is 72.4. The highest BCUT2D eigenvalue weighted by Gasteiger charge is 2.51. The molecule has 0 amide bonds. The van der Waals surface area contributed by atoms with E-state index < -0.39 is 24.2 Å². The fraction of sp³-hybridized carbons (Fsp3) is 0. The zero-order valence-corrected chi connectivity index (χ0v) is 83.9. The van der Waals surface area contributed by atoms with Crippen LogP contribution in [0.1, 0.15) is 0 Å². The van der Waals surface area contributed by atoms with Gasteiger partial charge in [0.25, 0.3) is 0 Å². The molecule has 24 aromatic rings. The second-order valence-corrected chi connectivity index (χ2v) is 51.7. The SMILES string of the molecule is c1ccc([Si](c2ccccc2)(c2cc3c4c(c2)-c2ccccc2OB4c2ccccc2O3)c2cccc3c2sc2ccccc23)cc1.c1ccc([Si](c2ccccc2)(c2cccc(-c3cc4c5c(c3)-c3ccccc3OB5c3ccccc3O4)c2)c2cccc3c2sc2ccccc23)cc1.c1ccc([Si](c2ccccc2)(c2ccccc2)c2ccc(-c3cc4c5c(c3)-c3ccccc3OB5c3ccccc3O4)cc2)cc1. The summed E-state index contributed by atoms with van der Waals surface area (Å²) in [6.07, 6.45) is 0. The van der Waals surface area contributed by atoms with E-state index in [2.05, 4.69) is 491 Å². The summed E-state index contributed by atoms with van der Waals surface area (Å²) in [5.74, 6) is 7.84. The quantitative estimate of drug-likeness (QED) is 0.0799. The zero-order valence-electron chi connectivity index (χ0n) is 79.2. The lowest BCUT2D eigenvalue weighted by atomic mass is 9.50. The van der Waals surface area contributed by atoms with E-state index in [1.165, 1.54) is 114 Å². The Hall–Kier alpha value is -17.1. The van der Waals surface area contributed by atoms with E-state index in [0.717, 1.165) is 129 Å². The Morgan fingerprint density at radius 2 is 0.452 bits per heavy atom. The van der Waals surface area contributed by atoms with Crippen LogP contribution in [0.15, 0.2) is 528 Å². The molecule has 0 saturated heterocycles. The molecule has 8 heterocycles. The van der Waals surface area contributed by atoms with Crippen LogP contribution < -0.4 is 123 Å². The van der Waals surface area contributed by atoms with Crippen LogP contribution in [0.2, 0.25) is 0 Å². The number of ether oxygens (including phenoxy) is 3. The van der Waals surface area contributed by atoms with Gasteiger partial charge in [0.1, 0.15) is 51.7 Å². The number of fused-ring (bicyclic) bond motifs is 18. The highest BCUT2D eigenvalue weighted by atomic mass is 32.1. The lowest BCUT2D eigenvalue weighted by molar-refractivity contribution is 0.479. The first kappa shape index (κ1) is 86.8. The Bertz CT molecular complexity index is 9070. The summed E-state index contributed by atoms with van der Waals surface area (Å²) in [5, 5.41) is 21.6. The summed E-state index contributed by atoms with van der Waals surface area (Å²) in [4.78, 5) is 0. The molecule has 0 spiro atoms. The normalized spacial score (nSPS) is 12.8. The molecule has 0 unspecified atom stereocenters. The summed E-state index contributed by atoms with van der Waals surface area (Å²) in [6, 6.07) is 192. The molecule has 6 nitrogen and oxygen atoms in total. The van der Waals surface area contributed by atoms with Crippen LogP contribution in [0, 0.1) is 0 Å². The minimum absolute atomic E-state index is 0.199. The van der Waals surface area contributed by atoms with Crippen molar-refractivity contribution in [3.63, 3.8) is 0 Å². The molecule has 14 heteroatoms. The molecule has 30 rings (SSSR count). The molecule has 22 aromatic carbocycles. The molecule has 6 aliphatic rings. The summed E-state index contributed by atoms with van der Waals surface area (Å²) in [6.45, 7) is -0.654. The Kier molecular flexibility index (Phi) is 21.3. The number of para-hydroxylation sites is 6. The van der Waals surface area contributed by atoms with Crippen molar-refractivity contribution in [3.05, 3.63) is 528 Å². The predicted octanol–water partition coefficient (Wildman–Crippen LogP) is 21.1. The van der Waals surface area contributed by atoms with E-state index in [1.54, 1.807) is 0 Å². The van der Waals surface area contributed by atoms with Crippen molar-refractivity contribution in [3.8, 4) is 107 Å². The Morgan fingerprint density at radius 1 is 0.164 bits per heavy atom. The maximum Gasteiger partial charge on any atom is 0.434 e. The fourth-order valence-corrected chi connectivity index (χ4v) is 42.1. The van der Waals surface area contributed by atoms with E-state index in [4.69, 9.17) is 28.2 Å². The van der Waals surface area contributed by atoms with Gasteiger partial charge in [-0.25, -0.2) is 0 Å². The third-order valence-electron chi connectivity index (χ3n) is 30.5. The van der Waals surface area contributed by atoms with Crippen LogP contribution in [-0.4, -0.2) is 45.0 Å². The highest BCUT2D eigenvalue weighted by Crippen LogP contribution is 2.47. The number of hydrogen-bond acceptors (Lipinski definition) is 8. The maximum atomic E-state index is 6.86. The van der Waals surface area contributed by atoms with E-state index in [0.29, 0.717) is 0 Å². The average Bonchev–Trinajstić information content (AvgIpc) is 0.830. The summed E-state index contributed by atoms with van der Waals surface area (Å²) >= 11 is 3.83. The van der Waals surface area contributed by atoms with Crippen molar-refractivity contribution in [1.82, 2.24) is 0 Å². The minimum Gasteiger partial charge on any atom is -0.551 e. The third kappa shape index (κ3) is 14.0. The van der Waals surface area contributed by atoms with Crippen LogP contribution >= 0.6 is 22.7 Å². The molecule has 684 valence electrons.